The predicted octanol–water partition coefficient (Wildman–Crippen LogP) is 1.27. The van der Waals surface area contributed by atoms with Crippen LogP contribution < -0.4 is 5.32 Å². The number of nitrogens with one attached hydrogen (secondary N) is 1. The normalized spacial score (nSPS) is 12.4. The third-order valence-corrected chi connectivity index (χ3v) is 3.00. The summed E-state index contributed by atoms with van der Waals surface area (Å²) in [5.41, 5.74) is 0. The Balaban J connectivity index is 2.26. The van der Waals surface area contributed by atoms with E-state index in [0.717, 1.165) is 11.5 Å². The lowest BCUT2D eigenvalue weighted by molar-refractivity contribution is -0.142. The molecule has 1 rings (SSSR count). The Morgan fingerprint density at radius 2 is 2.53 bits per heavy atom. The molecule has 0 saturated carbocycles. The van der Waals surface area contributed by atoms with E-state index >= 15 is 0 Å². The number of carbonyl (C=O) groups excluding carboxylic acids is 1. The first-order chi connectivity index (χ1) is 7.27. The van der Waals surface area contributed by atoms with Crippen LogP contribution in [0, 0.1) is 0 Å². The summed E-state index contributed by atoms with van der Waals surface area (Å²) in [5.74, 6) is 2.12. The van der Waals surface area contributed by atoms with Crippen LogP contribution in [0.25, 0.3) is 0 Å². The summed E-state index contributed by atoms with van der Waals surface area (Å²) in [5, 5.41) is 2.91. The first kappa shape index (κ1) is 12.1. The number of rotatable bonds is 6. The summed E-state index contributed by atoms with van der Waals surface area (Å²) in [6, 6.07) is 3.51. The summed E-state index contributed by atoms with van der Waals surface area (Å²) in [6.45, 7) is 0. The molecule has 84 valence electrons. The molecule has 1 aromatic heterocycles. The molecule has 1 atom stereocenters. The number of likely N-dealkylation sites (N-methyl/N-ethyl adjacent to an activating group) is 1. The number of methoxy groups -OCH3 is 1. The van der Waals surface area contributed by atoms with Gasteiger partial charge in [-0.15, -0.1) is 0 Å². The number of hydrogen-bond acceptors (Lipinski definition) is 5. The zero-order valence-electron chi connectivity index (χ0n) is 8.86. The van der Waals surface area contributed by atoms with E-state index in [1.165, 1.54) is 7.11 Å². The molecule has 0 amide bonds. The van der Waals surface area contributed by atoms with Gasteiger partial charge in [-0.1, -0.05) is 0 Å². The van der Waals surface area contributed by atoms with Gasteiger partial charge in [0.2, 0.25) is 0 Å². The average Bonchev–Trinajstić information content (AvgIpc) is 2.76. The van der Waals surface area contributed by atoms with Crippen molar-refractivity contribution >= 4 is 17.7 Å². The van der Waals surface area contributed by atoms with Crippen LogP contribution in [0.15, 0.2) is 22.8 Å². The monoisotopic (exact) mass is 229 g/mol. The third kappa shape index (κ3) is 3.97. The van der Waals surface area contributed by atoms with E-state index in [0.29, 0.717) is 5.75 Å². The number of ether oxygens (including phenoxy) is 1. The number of thioether (sulfide) groups is 1. The zero-order chi connectivity index (χ0) is 11.1. The summed E-state index contributed by atoms with van der Waals surface area (Å²) in [4.78, 5) is 11.2. The van der Waals surface area contributed by atoms with Crippen LogP contribution in [-0.4, -0.2) is 31.9 Å². The van der Waals surface area contributed by atoms with Crippen molar-refractivity contribution < 1.29 is 13.9 Å². The van der Waals surface area contributed by atoms with Crippen LogP contribution in [0.2, 0.25) is 0 Å². The van der Waals surface area contributed by atoms with Crippen LogP contribution in [0.3, 0.4) is 0 Å². The molecule has 0 aliphatic heterocycles. The van der Waals surface area contributed by atoms with Gasteiger partial charge in [0.05, 0.1) is 19.1 Å². The van der Waals surface area contributed by atoms with Gasteiger partial charge in [-0.3, -0.25) is 4.79 Å². The van der Waals surface area contributed by atoms with E-state index in [4.69, 9.17) is 4.42 Å². The zero-order valence-corrected chi connectivity index (χ0v) is 9.67. The Kier molecular flexibility index (Phi) is 5.28. The van der Waals surface area contributed by atoms with E-state index in [1.54, 1.807) is 25.1 Å². The molecular weight excluding hydrogens is 214 g/mol. The Labute approximate surface area is 93.4 Å². The largest absolute Gasteiger partial charge is 0.468 e. The summed E-state index contributed by atoms with van der Waals surface area (Å²) < 4.78 is 9.83. The van der Waals surface area contributed by atoms with Crippen LogP contribution in [0.5, 0.6) is 0 Å². The number of esters is 1. The van der Waals surface area contributed by atoms with Gasteiger partial charge < -0.3 is 14.5 Å². The molecule has 1 unspecified atom stereocenters. The van der Waals surface area contributed by atoms with Gasteiger partial charge in [-0.05, 0) is 19.2 Å². The van der Waals surface area contributed by atoms with Crippen LogP contribution in [0.4, 0.5) is 0 Å². The third-order valence-electron chi connectivity index (χ3n) is 1.94. The molecule has 0 spiro atoms. The SMILES string of the molecule is CNC(CSCc1ccco1)C(=O)OC. The second-order valence-electron chi connectivity index (χ2n) is 2.96. The molecule has 0 fully saturated rings. The van der Waals surface area contributed by atoms with Gasteiger partial charge in [0.1, 0.15) is 11.8 Å². The molecule has 0 radical (unpaired) electrons. The molecule has 1 N–H and O–H groups in total. The molecule has 1 aromatic rings. The Bertz CT molecular complexity index is 287. The molecule has 0 aliphatic rings. The predicted molar refractivity (Wildman–Crippen MR) is 59.7 cm³/mol. The van der Waals surface area contributed by atoms with Crippen molar-refractivity contribution in [2.45, 2.75) is 11.8 Å². The highest BCUT2D eigenvalue weighted by Crippen LogP contribution is 2.13. The van der Waals surface area contributed by atoms with E-state index in [9.17, 15) is 4.79 Å². The fourth-order valence-corrected chi connectivity index (χ4v) is 2.11. The van der Waals surface area contributed by atoms with Gasteiger partial charge in [0.15, 0.2) is 0 Å². The fourth-order valence-electron chi connectivity index (χ4n) is 1.08. The Morgan fingerprint density at radius 1 is 1.73 bits per heavy atom. The van der Waals surface area contributed by atoms with Crippen LogP contribution >= 0.6 is 11.8 Å². The molecule has 5 heteroatoms. The van der Waals surface area contributed by atoms with Crippen LogP contribution in [-0.2, 0) is 15.3 Å². The molecule has 0 aliphatic carbocycles. The van der Waals surface area contributed by atoms with E-state index in [-0.39, 0.29) is 12.0 Å². The minimum absolute atomic E-state index is 0.232. The Hall–Kier alpha value is -0.940. The highest BCUT2D eigenvalue weighted by molar-refractivity contribution is 7.98. The highest BCUT2D eigenvalue weighted by Gasteiger charge is 2.16. The van der Waals surface area contributed by atoms with Crippen molar-refractivity contribution in [3.05, 3.63) is 24.2 Å². The average molecular weight is 229 g/mol. The summed E-state index contributed by atoms with van der Waals surface area (Å²) >= 11 is 1.63. The quantitative estimate of drug-likeness (QED) is 0.745. The molecule has 4 nitrogen and oxygen atoms in total. The molecule has 0 bridgehead atoms. The molecule has 0 aromatic carbocycles. The molecule has 0 saturated heterocycles. The van der Waals surface area contributed by atoms with Gasteiger partial charge in [-0.2, -0.15) is 11.8 Å². The van der Waals surface area contributed by atoms with Gasteiger partial charge in [0, 0.05) is 5.75 Å². The highest BCUT2D eigenvalue weighted by atomic mass is 32.2. The lowest BCUT2D eigenvalue weighted by Crippen LogP contribution is -2.37. The fraction of sp³-hybridized carbons (Fsp3) is 0.500. The van der Waals surface area contributed by atoms with Crippen molar-refractivity contribution in [2.75, 3.05) is 19.9 Å². The maximum absolute atomic E-state index is 11.2. The minimum atomic E-state index is -0.255. The standard InChI is InChI=1S/C10H15NO3S/c1-11-9(10(12)13-2)7-15-6-8-4-3-5-14-8/h3-5,9,11H,6-7H2,1-2H3. The first-order valence-electron chi connectivity index (χ1n) is 4.63. The minimum Gasteiger partial charge on any atom is -0.468 e. The first-order valence-corrected chi connectivity index (χ1v) is 5.78. The van der Waals surface area contributed by atoms with Gasteiger partial charge in [-0.25, -0.2) is 0 Å². The van der Waals surface area contributed by atoms with E-state index in [2.05, 4.69) is 10.1 Å². The van der Waals surface area contributed by atoms with Crippen molar-refractivity contribution in [1.29, 1.82) is 0 Å². The van der Waals surface area contributed by atoms with E-state index < -0.39 is 0 Å². The van der Waals surface area contributed by atoms with Crippen molar-refractivity contribution in [3.8, 4) is 0 Å². The second kappa shape index (κ2) is 6.53. The van der Waals surface area contributed by atoms with Gasteiger partial charge in [0.25, 0.3) is 0 Å². The maximum atomic E-state index is 11.2. The van der Waals surface area contributed by atoms with Crippen LogP contribution in [0.1, 0.15) is 5.76 Å². The van der Waals surface area contributed by atoms with Gasteiger partial charge >= 0.3 is 5.97 Å². The smallest absolute Gasteiger partial charge is 0.323 e. The number of hydrogen-bond donors (Lipinski definition) is 1. The molecule has 1 heterocycles. The van der Waals surface area contributed by atoms with E-state index in [1.807, 2.05) is 12.1 Å². The summed E-state index contributed by atoms with van der Waals surface area (Å²) in [6.07, 6.45) is 1.64. The van der Waals surface area contributed by atoms with Crippen molar-refractivity contribution in [1.82, 2.24) is 5.32 Å². The van der Waals surface area contributed by atoms with Crippen molar-refractivity contribution in [2.24, 2.45) is 0 Å². The van der Waals surface area contributed by atoms with Crippen molar-refractivity contribution in [3.63, 3.8) is 0 Å². The maximum Gasteiger partial charge on any atom is 0.323 e. The lowest BCUT2D eigenvalue weighted by atomic mass is 10.3. The number of carbonyl (C=O) groups is 1. The molecular formula is C10H15NO3S. The Morgan fingerprint density at radius 3 is 3.07 bits per heavy atom. The summed E-state index contributed by atoms with van der Waals surface area (Å²) in [7, 11) is 3.14. The lowest BCUT2D eigenvalue weighted by Gasteiger charge is -2.12. The topological polar surface area (TPSA) is 51.5 Å². The molecule has 15 heavy (non-hydrogen) atoms. The second-order valence-corrected chi connectivity index (χ2v) is 3.99. The number of furan rings is 1.